The molecule has 2 aromatic rings. The molecule has 5 heteroatoms. The zero-order chi connectivity index (χ0) is 14.7. The summed E-state index contributed by atoms with van der Waals surface area (Å²) in [6, 6.07) is 5.13. The highest BCUT2D eigenvalue weighted by molar-refractivity contribution is 5.22. The first kappa shape index (κ1) is 14.7. The molecule has 0 aliphatic carbocycles. The van der Waals surface area contributed by atoms with Crippen molar-refractivity contribution < 1.29 is 8.78 Å². The standard InChI is InChI=1S/C15H19F2N3/c1-3-13-9-15(20(4-2)19-13)14(18)7-10-5-11(16)8-12(17)6-10/h5-6,8-9,14H,3-4,7,18H2,1-2H3. The van der Waals surface area contributed by atoms with Gasteiger partial charge in [-0.3, -0.25) is 4.68 Å². The minimum atomic E-state index is -0.578. The fourth-order valence-electron chi connectivity index (χ4n) is 2.30. The Morgan fingerprint density at radius 3 is 2.35 bits per heavy atom. The van der Waals surface area contributed by atoms with Crippen molar-refractivity contribution in [2.45, 2.75) is 39.3 Å². The second kappa shape index (κ2) is 6.13. The van der Waals surface area contributed by atoms with Gasteiger partial charge in [-0.25, -0.2) is 8.78 Å². The number of rotatable bonds is 5. The van der Waals surface area contributed by atoms with Gasteiger partial charge in [0.1, 0.15) is 11.6 Å². The molecule has 0 spiro atoms. The number of hydrogen-bond donors (Lipinski definition) is 1. The highest BCUT2D eigenvalue weighted by Crippen LogP contribution is 2.19. The highest BCUT2D eigenvalue weighted by Gasteiger charge is 2.15. The monoisotopic (exact) mass is 279 g/mol. The first-order chi connectivity index (χ1) is 9.53. The van der Waals surface area contributed by atoms with Crippen molar-refractivity contribution in [3.05, 3.63) is 52.9 Å². The second-order valence-corrected chi connectivity index (χ2v) is 4.82. The van der Waals surface area contributed by atoms with E-state index in [-0.39, 0.29) is 6.04 Å². The van der Waals surface area contributed by atoms with E-state index < -0.39 is 11.6 Å². The third-order valence-electron chi connectivity index (χ3n) is 3.28. The third-order valence-corrected chi connectivity index (χ3v) is 3.28. The molecule has 0 radical (unpaired) electrons. The number of aryl methyl sites for hydroxylation is 2. The number of benzene rings is 1. The summed E-state index contributed by atoms with van der Waals surface area (Å²) in [7, 11) is 0. The number of nitrogens with zero attached hydrogens (tertiary/aromatic N) is 2. The first-order valence-corrected chi connectivity index (χ1v) is 6.80. The average Bonchev–Trinajstić information content (AvgIpc) is 2.80. The van der Waals surface area contributed by atoms with Crippen LogP contribution >= 0.6 is 0 Å². The molecular formula is C15H19F2N3. The van der Waals surface area contributed by atoms with Crippen molar-refractivity contribution in [2.24, 2.45) is 5.73 Å². The van der Waals surface area contributed by atoms with Crippen LogP contribution in [0.2, 0.25) is 0 Å². The van der Waals surface area contributed by atoms with E-state index in [2.05, 4.69) is 5.10 Å². The fraction of sp³-hybridized carbons (Fsp3) is 0.400. The SMILES string of the molecule is CCc1cc(C(N)Cc2cc(F)cc(F)c2)n(CC)n1. The Morgan fingerprint density at radius 1 is 1.15 bits per heavy atom. The molecule has 20 heavy (non-hydrogen) atoms. The molecule has 0 fully saturated rings. The van der Waals surface area contributed by atoms with Gasteiger partial charge in [0.15, 0.2) is 0 Å². The largest absolute Gasteiger partial charge is 0.322 e. The van der Waals surface area contributed by atoms with Crippen LogP contribution in [0.1, 0.15) is 36.8 Å². The molecular weight excluding hydrogens is 260 g/mol. The van der Waals surface area contributed by atoms with Crippen molar-refractivity contribution in [3.63, 3.8) is 0 Å². The maximum atomic E-state index is 13.2. The van der Waals surface area contributed by atoms with Gasteiger partial charge in [-0.15, -0.1) is 0 Å². The lowest BCUT2D eigenvalue weighted by atomic mass is 10.0. The van der Waals surface area contributed by atoms with Gasteiger partial charge in [0.2, 0.25) is 0 Å². The summed E-state index contributed by atoms with van der Waals surface area (Å²) in [5.41, 5.74) is 8.59. The van der Waals surface area contributed by atoms with Crippen LogP contribution in [0.3, 0.4) is 0 Å². The minimum absolute atomic E-state index is 0.330. The molecule has 2 rings (SSSR count). The Balaban J connectivity index is 2.22. The lowest BCUT2D eigenvalue weighted by molar-refractivity contribution is 0.555. The lowest BCUT2D eigenvalue weighted by Crippen LogP contribution is -2.18. The highest BCUT2D eigenvalue weighted by atomic mass is 19.1. The maximum absolute atomic E-state index is 13.2. The molecule has 0 saturated heterocycles. The van der Waals surface area contributed by atoms with E-state index >= 15 is 0 Å². The predicted octanol–water partition coefficient (Wildman–Crippen LogP) is 2.99. The van der Waals surface area contributed by atoms with Gasteiger partial charge in [0.05, 0.1) is 17.4 Å². The molecule has 3 nitrogen and oxygen atoms in total. The van der Waals surface area contributed by atoms with Crippen molar-refractivity contribution in [3.8, 4) is 0 Å². The summed E-state index contributed by atoms with van der Waals surface area (Å²) < 4.78 is 28.2. The van der Waals surface area contributed by atoms with Gasteiger partial charge >= 0.3 is 0 Å². The van der Waals surface area contributed by atoms with E-state index in [1.54, 1.807) is 0 Å². The summed E-state index contributed by atoms with van der Waals surface area (Å²) in [6.45, 7) is 4.74. The number of nitrogens with two attached hydrogens (primary N) is 1. The molecule has 0 aliphatic heterocycles. The summed E-state index contributed by atoms with van der Waals surface area (Å²) in [5.74, 6) is -1.16. The van der Waals surface area contributed by atoms with Gasteiger partial charge in [0.25, 0.3) is 0 Å². The Morgan fingerprint density at radius 2 is 1.80 bits per heavy atom. The number of halogens is 2. The fourth-order valence-corrected chi connectivity index (χ4v) is 2.30. The van der Waals surface area contributed by atoms with Crippen LogP contribution in [0.5, 0.6) is 0 Å². The molecule has 0 aliphatic rings. The van der Waals surface area contributed by atoms with Crippen LogP contribution in [0.15, 0.2) is 24.3 Å². The minimum Gasteiger partial charge on any atom is -0.322 e. The average molecular weight is 279 g/mol. The second-order valence-electron chi connectivity index (χ2n) is 4.82. The molecule has 1 unspecified atom stereocenters. The maximum Gasteiger partial charge on any atom is 0.126 e. The smallest absolute Gasteiger partial charge is 0.126 e. The van der Waals surface area contributed by atoms with Crippen molar-refractivity contribution in [1.29, 1.82) is 0 Å². The van der Waals surface area contributed by atoms with Crippen LogP contribution in [-0.2, 0) is 19.4 Å². The molecule has 1 heterocycles. The summed E-state index contributed by atoms with van der Waals surface area (Å²) in [4.78, 5) is 0. The predicted molar refractivity (Wildman–Crippen MR) is 74.3 cm³/mol. The lowest BCUT2D eigenvalue weighted by Gasteiger charge is -2.13. The molecule has 1 atom stereocenters. The van der Waals surface area contributed by atoms with E-state index in [4.69, 9.17) is 5.73 Å². The molecule has 2 N–H and O–H groups in total. The Hall–Kier alpha value is -1.75. The van der Waals surface area contributed by atoms with Gasteiger partial charge in [0, 0.05) is 12.6 Å². The van der Waals surface area contributed by atoms with Crippen molar-refractivity contribution >= 4 is 0 Å². The Kier molecular flexibility index (Phi) is 4.49. The van der Waals surface area contributed by atoms with Gasteiger partial charge in [-0.1, -0.05) is 6.92 Å². The van der Waals surface area contributed by atoms with E-state index in [1.807, 2.05) is 24.6 Å². The molecule has 1 aromatic heterocycles. The summed E-state index contributed by atoms with van der Waals surface area (Å²) >= 11 is 0. The van der Waals surface area contributed by atoms with Crippen molar-refractivity contribution in [2.75, 3.05) is 0 Å². The number of aromatic nitrogens is 2. The van der Waals surface area contributed by atoms with Crippen LogP contribution in [0, 0.1) is 11.6 Å². The van der Waals surface area contributed by atoms with E-state index in [0.717, 1.165) is 30.4 Å². The normalized spacial score (nSPS) is 12.7. The molecule has 0 amide bonds. The quantitative estimate of drug-likeness (QED) is 0.914. The number of hydrogen-bond acceptors (Lipinski definition) is 2. The van der Waals surface area contributed by atoms with E-state index in [9.17, 15) is 8.78 Å². The third kappa shape index (κ3) is 3.22. The zero-order valence-corrected chi connectivity index (χ0v) is 11.7. The first-order valence-electron chi connectivity index (χ1n) is 6.80. The van der Waals surface area contributed by atoms with Crippen molar-refractivity contribution in [1.82, 2.24) is 9.78 Å². The Bertz CT molecular complexity index is 573. The van der Waals surface area contributed by atoms with Crippen LogP contribution in [0.4, 0.5) is 8.78 Å². The summed E-state index contributed by atoms with van der Waals surface area (Å²) in [6.07, 6.45) is 1.21. The van der Waals surface area contributed by atoms with E-state index in [0.29, 0.717) is 12.0 Å². The van der Waals surface area contributed by atoms with Gasteiger partial charge in [-0.05, 0) is 43.5 Å². The Labute approximate surface area is 117 Å². The molecule has 108 valence electrons. The van der Waals surface area contributed by atoms with Gasteiger partial charge in [-0.2, -0.15) is 5.10 Å². The molecule has 1 aromatic carbocycles. The van der Waals surface area contributed by atoms with Crippen LogP contribution in [0.25, 0.3) is 0 Å². The van der Waals surface area contributed by atoms with Crippen LogP contribution in [-0.4, -0.2) is 9.78 Å². The molecule has 0 bridgehead atoms. The van der Waals surface area contributed by atoms with Gasteiger partial charge < -0.3 is 5.73 Å². The zero-order valence-electron chi connectivity index (χ0n) is 11.7. The van der Waals surface area contributed by atoms with E-state index in [1.165, 1.54) is 12.1 Å². The topological polar surface area (TPSA) is 43.8 Å². The van der Waals surface area contributed by atoms with Crippen LogP contribution < -0.4 is 5.73 Å². The molecule has 0 saturated carbocycles. The summed E-state index contributed by atoms with van der Waals surface area (Å²) in [5, 5.41) is 4.43.